The highest BCUT2D eigenvalue weighted by molar-refractivity contribution is 6.72. The molecule has 2 heterocycles. The maximum atomic E-state index is 11.9. The van der Waals surface area contributed by atoms with Crippen molar-refractivity contribution in [3.63, 3.8) is 0 Å². The molecule has 0 radical (unpaired) electrons. The number of fused-ring (bicyclic) bond motifs is 1. The molecule has 1 aromatic heterocycles. The van der Waals surface area contributed by atoms with Gasteiger partial charge in [0.05, 0.1) is 23.3 Å². The Kier molecular flexibility index (Phi) is 6.26. The summed E-state index contributed by atoms with van der Waals surface area (Å²) >= 11 is 0. The summed E-state index contributed by atoms with van der Waals surface area (Å²) < 4.78 is 5.28. The maximum Gasteiger partial charge on any atom is 0.412 e. The van der Waals surface area contributed by atoms with E-state index in [-0.39, 0.29) is 5.04 Å². The minimum Gasteiger partial charge on any atom is -0.444 e. The molecule has 1 aromatic rings. The number of carbonyl (C=O) groups excluding carboxylic acids is 1. The SMILES string of the molecule is CC(C)(C)OC(=O)Nc1cnc2c(c1)NCC(CCC(C)(C)[Si](C)(C)O)C2. The first-order chi connectivity index (χ1) is 12.3. The Balaban J connectivity index is 1.95. The molecular formula is C20H35N3O3Si. The van der Waals surface area contributed by atoms with Crippen molar-refractivity contribution in [2.45, 2.75) is 77.6 Å². The third-order valence-corrected chi connectivity index (χ3v) is 9.07. The molecule has 1 amide bonds. The lowest BCUT2D eigenvalue weighted by Crippen LogP contribution is -2.39. The lowest BCUT2D eigenvalue weighted by Gasteiger charge is -2.37. The molecule has 2 rings (SSSR count). The first-order valence-corrected chi connectivity index (χ1v) is 12.7. The molecule has 3 N–H and O–H groups in total. The van der Waals surface area contributed by atoms with Gasteiger partial charge in [-0.3, -0.25) is 10.3 Å². The normalized spacial score (nSPS) is 17.7. The van der Waals surface area contributed by atoms with Gasteiger partial charge in [-0.2, -0.15) is 0 Å². The highest BCUT2D eigenvalue weighted by atomic mass is 28.4. The first-order valence-electron chi connectivity index (χ1n) is 9.72. The van der Waals surface area contributed by atoms with Crippen LogP contribution in [0.25, 0.3) is 0 Å². The molecule has 0 aliphatic carbocycles. The van der Waals surface area contributed by atoms with E-state index in [2.05, 4.69) is 29.5 Å². The maximum absolute atomic E-state index is 11.9. The molecule has 6 nitrogen and oxygen atoms in total. The quantitative estimate of drug-likeness (QED) is 0.628. The number of carbonyl (C=O) groups is 1. The predicted molar refractivity (Wildman–Crippen MR) is 113 cm³/mol. The van der Waals surface area contributed by atoms with Crippen LogP contribution in [0.5, 0.6) is 0 Å². The van der Waals surface area contributed by atoms with E-state index in [1.807, 2.05) is 39.9 Å². The molecule has 0 bridgehead atoms. The van der Waals surface area contributed by atoms with Crippen molar-refractivity contribution in [3.8, 4) is 0 Å². The number of nitrogens with one attached hydrogen (secondary N) is 2. The fourth-order valence-electron chi connectivity index (χ4n) is 2.97. The molecule has 0 spiro atoms. The van der Waals surface area contributed by atoms with Gasteiger partial charge in [-0.05, 0) is 70.2 Å². The van der Waals surface area contributed by atoms with Gasteiger partial charge >= 0.3 is 6.09 Å². The van der Waals surface area contributed by atoms with Crippen LogP contribution in [0.2, 0.25) is 18.1 Å². The number of aromatic nitrogens is 1. The van der Waals surface area contributed by atoms with Crippen LogP contribution >= 0.6 is 0 Å². The number of amides is 1. The number of hydrogen-bond donors (Lipinski definition) is 3. The zero-order chi connectivity index (χ0) is 20.5. The summed E-state index contributed by atoms with van der Waals surface area (Å²) in [4.78, 5) is 26.9. The average Bonchev–Trinajstić information content (AvgIpc) is 2.50. The molecule has 0 aromatic carbocycles. The van der Waals surface area contributed by atoms with Crippen molar-refractivity contribution in [3.05, 3.63) is 18.0 Å². The Bertz CT molecular complexity index is 678. The average molecular weight is 394 g/mol. The Labute approximate surface area is 164 Å². The van der Waals surface area contributed by atoms with E-state index in [4.69, 9.17) is 4.74 Å². The van der Waals surface area contributed by atoms with E-state index in [0.29, 0.717) is 11.6 Å². The van der Waals surface area contributed by atoms with Crippen LogP contribution in [0.1, 0.15) is 53.2 Å². The molecule has 1 atom stereocenters. The van der Waals surface area contributed by atoms with E-state index in [9.17, 15) is 9.59 Å². The Morgan fingerprint density at radius 1 is 1.37 bits per heavy atom. The monoisotopic (exact) mass is 393 g/mol. The van der Waals surface area contributed by atoms with Gasteiger partial charge in [0, 0.05) is 6.54 Å². The standard InChI is InChI=1S/C20H35N3O3Si/c1-19(2,3)26-18(24)23-15-11-17-16(22-13-15)10-14(12-21-17)8-9-20(4,5)27(6,7)25/h11,13-14,21,25H,8-10,12H2,1-7H3,(H,23,24). The summed E-state index contributed by atoms with van der Waals surface area (Å²) in [5.74, 6) is 0.505. The number of anilines is 2. The van der Waals surface area contributed by atoms with E-state index in [1.54, 1.807) is 6.20 Å². The van der Waals surface area contributed by atoms with Crippen molar-refractivity contribution in [1.82, 2.24) is 4.98 Å². The molecule has 1 unspecified atom stereocenters. The minimum atomic E-state index is -2.17. The second kappa shape index (κ2) is 7.79. The van der Waals surface area contributed by atoms with Crippen LogP contribution in [0, 0.1) is 5.92 Å². The molecule has 0 saturated heterocycles. The van der Waals surface area contributed by atoms with E-state index in [0.717, 1.165) is 37.2 Å². The molecule has 1 aliphatic heterocycles. The minimum absolute atomic E-state index is 0.00188. The summed E-state index contributed by atoms with van der Waals surface area (Å²) in [5, 5.41) is 6.18. The lowest BCUT2D eigenvalue weighted by molar-refractivity contribution is 0.0636. The van der Waals surface area contributed by atoms with Gasteiger partial charge in [0.25, 0.3) is 0 Å². The second-order valence-corrected chi connectivity index (χ2v) is 14.2. The van der Waals surface area contributed by atoms with Crippen LogP contribution < -0.4 is 10.6 Å². The van der Waals surface area contributed by atoms with Crippen LogP contribution in [0.3, 0.4) is 0 Å². The summed E-state index contributed by atoms with van der Waals surface area (Å²) in [6.07, 6.45) is 4.20. The number of rotatable bonds is 5. The molecule has 1 aliphatic rings. The topological polar surface area (TPSA) is 83.5 Å². The van der Waals surface area contributed by atoms with Crippen molar-refractivity contribution in [1.29, 1.82) is 0 Å². The van der Waals surface area contributed by atoms with Crippen LogP contribution in [-0.4, -0.2) is 36.3 Å². The number of hydrogen-bond acceptors (Lipinski definition) is 5. The second-order valence-electron chi connectivity index (χ2n) is 9.78. The zero-order valence-corrected chi connectivity index (χ0v) is 18.8. The third kappa shape index (κ3) is 6.21. The number of nitrogens with zero attached hydrogens (tertiary/aromatic N) is 1. The fraction of sp³-hybridized carbons (Fsp3) is 0.700. The van der Waals surface area contributed by atoms with Crippen molar-refractivity contribution in [2.75, 3.05) is 17.2 Å². The number of pyridine rings is 1. The zero-order valence-electron chi connectivity index (χ0n) is 17.8. The highest BCUT2D eigenvalue weighted by Gasteiger charge is 2.38. The summed E-state index contributed by atoms with van der Waals surface area (Å²) in [6.45, 7) is 14.8. The van der Waals surface area contributed by atoms with Gasteiger partial charge in [0.1, 0.15) is 5.60 Å². The molecular weight excluding hydrogens is 358 g/mol. The summed E-state index contributed by atoms with van der Waals surface area (Å²) in [6, 6.07) is 1.91. The third-order valence-electron chi connectivity index (χ3n) is 5.51. The smallest absolute Gasteiger partial charge is 0.412 e. The summed E-state index contributed by atoms with van der Waals surface area (Å²) in [5.41, 5.74) is 2.09. The van der Waals surface area contributed by atoms with Gasteiger partial charge in [-0.15, -0.1) is 0 Å². The molecule has 152 valence electrons. The van der Waals surface area contributed by atoms with Crippen molar-refractivity contribution in [2.24, 2.45) is 5.92 Å². The largest absolute Gasteiger partial charge is 0.444 e. The molecule has 27 heavy (non-hydrogen) atoms. The van der Waals surface area contributed by atoms with E-state index < -0.39 is 20.0 Å². The predicted octanol–water partition coefficient (Wildman–Crippen LogP) is 4.77. The summed E-state index contributed by atoms with van der Waals surface area (Å²) in [7, 11) is -2.17. The lowest BCUT2D eigenvalue weighted by atomic mass is 9.90. The van der Waals surface area contributed by atoms with Gasteiger partial charge in [-0.1, -0.05) is 13.8 Å². The van der Waals surface area contributed by atoms with E-state index >= 15 is 0 Å². The van der Waals surface area contributed by atoms with Gasteiger partial charge in [-0.25, -0.2) is 4.79 Å². The van der Waals surface area contributed by atoms with Crippen LogP contribution in [-0.2, 0) is 11.2 Å². The van der Waals surface area contributed by atoms with Crippen molar-refractivity contribution >= 4 is 25.8 Å². The van der Waals surface area contributed by atoms with Crippen molar-refractivity contribution < 1.29 is 14.3 Å². The molecule has 0 saturated carbocycles. The van der Waals surface area contributed by atoms with Gasteiger partial charge < -0.3 is 14.8 Å². The van der Waals surface area contributed by atoms with Gasteiger partial charge in [0.15, 0.2) is 8.32 Å². The van der Waals surface area contributed by atoms with Crippen LogP contribution in [0.15, 0.2) is 12.3 Å². The van der Waals surface area contributed by atoms with Crippen LogP contribution in [0.4, 0.5) is 16.2 Å². The Morgan fingerprint density at radius 3 is 2.63 bits per heavy atom. The highest BCUT2D eigenvalue weighted by Crippen LogP contribution is 2.41. The Hall–Kier alpha value is -1.60. The fourth-order valence-corrected chi connectivity index (χ4v) is 3.73. The molecule has 7 heteroatoms. The van der Waals surface area contributed by atoms with Gasteiger partial charge in [0.2, 0.25) is 0 Å². The number of ether oxygens (including phenoxy) is 1. The van der Waals surface area contributed by atoms with E-state index in [1.165, 1.54) is 0 Å². The molecule has 0 fully saturated rings. The first kappa shape index (κ1) is 21.7. The Morgan fingerprint density at radius 2 is 2.04 bits per heavy atom.